The average Bonchev–Trinajstić information content (AvgIpc) is 2.80. The Morgan fingerprint density at radius 1 is 0.871 bits per heavy atom. The van der Waals surface area contributed by atoms with Crippen molar-refractivity contribution >= 4 is 29.0 Å². The van der Waals surface area contributed by atoms with E-state index in [1.807, 2.05) is 48.5 Å². The molecule has 0 atom stereocenters. The van der Waals surface area contributed by atoms with Crippen LogP contribution in [-0.4, -0.2) is 35.1 Å². The number of rotatable bonds is 5. The Kier molecular flexibility index (Phi) is 6.21. The number of piperidine rings is 1. The largest absolute Gasteiger partial charge is 0.355 e. The van der Waals surface area contributed by atoms with Crippen LogP contribution in [0.1, 0.15) is 19.8 Å². The molecule has 3 aromatic rings. The molecule has 0 bridgehead atoms. The van der Waals surface area contributed by atoms with Gasteiger partial charge in [-0.1, -0.05) is 36.4 Å². The number of carbonyl (C=O) groups excluding carboxylic acids is 2. The fourth-order valence-corrected chi connectivity index (χ4v) is 3.75. The van der Waals surface area contributed by atoms with E-state index in [1.165, 1.54) is 6.92 Å². The number of nitrogens with one attached hydrogen (secondary N) is 2. The number of carbonyl (C=O) groups is 2. The van der Waals surface area contributed by atoms with Gasteiger partial charge in [0.15, 0.2) is 5.82 Å². The van der Waals surface area contributed by atoms with E-state index in [-0.39, 0.29) is 17.7 Å². The molecule has 158 valence electrons. The van der Waals surface area contributed by atoms with Gasteiger partial charge in [0.2, 0.25) is 11.8 Å². The summed E-state index contributed by atoms with van der Waals surface area (Å²) in [5, 5.41) is 14.4. The highest BCUT2D eigenvalue weighted by Crippen LogP contribution is 2.25. The molecule has 0 aliphatic carbocycles. The second-order valence-corrected chi connectivity index (χ2v) is 7.66. The molecular formula is C24H25N5O2. The molecule has 1 aliphatic rings. The van der Waals surface area contributed by atoms with Crippen molar-refractivity contribution in [3.63, 3.8) is 0 Å². The highest BCUT2D eigenvalue weighted by molar-refractivity contribution is 5.94. The number of amides is 2. The van der Waals surface area contributed by atoms with Crippen LogP contribution in [0.3, 0.4) is 0 Å². The first-order valence-electron chi connectivity index (χ1n) is 10.4. The Morgan fingerprint density at radius 2 is 1.58 bits per heavy atom. The van der Waals surface area contributed by atoms with Gasteiger partial charge in [-0.05, 0) is 43.2 Å². The number of aromatic nitrogens is 2. The zero-order chi connectivity index (χ0) is 21.6. The number of anilines is 3. The standard InChI is InChI=1S/C24H25N5O2/c1-17(30)25-20-8-5-9-21(16-20)26-24(31)19-12-14-29(15-13-19)23-11-10-22(27-28-23)18-6-3-2-4-7-18/h2-11,16,19H,12-15H2,1H3,(H,25,30)(H,26,31). The van der Waals surface area contributed by atoms with E-state index < -0.39 is 0 Å². The SMILES string of the molecule is CC(=O)Nc1cccc(NC(=O)C2CCN(c3ccc(-c4ccccc4)nn3)CC2)c1. The summed E-state index contributed by atoms with van der Waals surface area (Å²) in [6.45, 7) is 2.96. The number of benzene rings is 2. The Hall–Kier alpha value is -3.74. The average molecular weight is 415 g/mol. The summed E-state index contributed by atoms with van der Waals surface area (Å²) in [7, 11) is 0. The first-order chi connectivity index (χ1) is 15.1. The minimum absolute atomic E-state index is 0.00475. The van der Waals surface area contributed by atoms with Crippen LogP contribution in [0.25, 0.3) is 11.3 Å². The predicted octanol–water partition coefficient (Wildman–Crippen LogP) is 3.96. The van der Waals surface area contributed by atoms with Gasteiger partial charge in [0.05, 0.1) is 5.69 Å². The first-order valence-corrected chi connectivity index (χ1v) is 10.4. The van der Waals surface area contributed by atoms with Crippen LogP contribution in [0, 0.1) is 5.92 Å². The monoisotopic (exact) mass is 415 g/mol. The van der Waals surface area contributed by atoms with Gasteiger partial charge >= 0.3 is 0 Å². The molecule has 2 aromatic carbocycles. The lowest BCUT2D eigenvalue weighted by Gasteiger charge is -2.31. The Bertz CT molecular complexity index is 1050. The molecule has 1 fully saturated rings. The van der Waals surface area contributed by atoms with Gasteiger partial charge in [0, 0.05) is 42.9 Å². The maximum Gasteiger partial charge on any atom is 0.227 e. The molecule has 4 rings (SSSR count). The molecule has 2 N–H and O–H groups in total. The quantitative estimate of drug-likeness (QED) is 0.659. The molecule has 7 nitrogen and oxygen atoms in total. The first kappa shape index (κ1) is 20.5. The smallest absolute Gasteiger partial charge is 0.227 e. The third-order valence-electron chi connectivity index (χ3n) is 5.36. The lowest BCUT2D eigenvalue weighted by atomic mass is 9.95. The van der Waals surface area contributed by atoms with Crippen molar-refractivity contribution in [3.8, 4) is 11.3 Å². The second-order valence-electron chi connectivity index (χ2n) is 7.66. The summed E-state index contributed by atoms with van der Waals surface area (Å²) in [4.78, 5) is 26.1. The molecule has 1 aromatic heterocycles. The number of nitrogens with zero attached hydrogens (tertiary/aromatic N) is 3. The maximum absolute atomic E-state index is 12.7. The van der Waals surface area contributed by atoms with Crippen LogP contribution >= 0.6 is 0 Å². The van der Waals surface area contributed by atoms with Crippen LogP contribution < -0.4 is 15.5 Å². The molecule has 2 amide bonds. The van der Waals surface area contributed by atoms with Crippen LogP contribution in [-0.2, 0) is 9.59 Å². The van der Waals surface area contributed by atoms with Crippen molar-refractivity contribution in [1.29, 1.82) is 0 Å². The zero-order valence-corrected chi connectivity index (χ0v) is 17.4. The Morgan fingerprint density at radius 3 is 2.23 bits per heavy atom. The van der Waals surface area contributed by atoms with Crippen LogP contribution in [0.4, 0.5) is 17.2 Å². The third-order valence-corrected chi connectivity index (χ3v) is 5.36. The van der Waals surface area contributed by atoms with Gasteiger partial charge in [0.25, 0.3) is 0 Å². The molecule has 7 heteroatoms. The minimum Gasteiger partial charge on any atom is -0.355 e. The van der Waals surface area contributed by atoms with E-state index in [0.29, 0.717) is 11.4 Å². The Balaban J connectivity index is 1.32. The van der Waals surface area contributed by atoms with Crippen molar-refractivity contribution in [3.05, 3.63) is 66.7 Å². The third kappa shape index (κ3) is 5.25. The molecule has 31 heavy (non-hydrogen) atoms. The normalized spacial score (nSPS) is 14.2. The van der Waals surface area contributed by atoms with Crippen molar-refractivity contribution < 1.29 is 9.59 Å². The fourth-order valence-electron chi connectivity index (χ4n) is 3.75. The van der Waals surface area contributed by atoms with Crippen molar-refractivity contribution in [2.75, 3.05) is 28.6 Å². The summed E-state index contributed by atoms with van der Waals surface area (Å²) in [6, 6.07) is 21.1. The van der Waals surface area contributed by atoms with E-state index in [0.717, 1.165) is 43.0 Å². The summed E-state index contributed by atoms with van der Waals surface area (Å²) < 4.78 is 0. The van der Waals surface area contributed by atoms with Crippen molar-refractivity contribution in [2.45, 2.75) is 19.8 Å². The van der Waals surface area contributed by atoms with E-state index in [4.69, 9.17) is 0 Å². The zero-order valence-electron chi connectivity index (χ0n) is 17.4. The molecule has 2 heterocycles. The molecule has 1 saturated heterocycles. The van der Waals surface area contributed by atoms with Gasteiger partial charge in [-0.3, -0.25) is 9.59 Å². The van der Waals surface area contributed by atoms with Gasteiger partial charge in [0.1, 0.15) is 0 Å². The number of hydrogen-bond donors (Lipinski definition) is 2. The maximum atomic E-state index is 12.7. The lowest BCUT2D eigenvalue weighted by Crippen LogP contribution is -2.38. The minimum atomic E-state index is -0.143. The van der Waals surface area contributed by atoms with Gasteiger partial charge in [-0.25, -0.2) is 0 Å². The summed E-state index contributed by atoms with van der Waals surface area (Å²) >= 11 is 0. The van der Waals surface area contributed by atoms with Crippen molar-refractivity contribution in [2.24, 2.45) is 5.92 Å². The second kappa shape index (κ2) is 9.38. The topological polar surface area (TPSA) is 87.2 Å². The fraction of sp³-hybridized carbons (Fsp3) is 0.250. The molecule has 0 radical (unpaired) electrons. The van der Waals surface area contributed by atoms with Gasteiger partial charge < -0.3 is 15.5 Å². The van der Waals surface area contributed by atoms with Gasteiger partial charge in [-0.2, -0.15) is 0 Å². The number of hydrogen-bond acceptors (Lipinski definition) is 5. The molecule has 1 aliphatic heterocycles. The van der Waals surface area contributed by atoms with E-state index in [1.54, 1.807) is 18.2 Å². The Labute approximate surface area is 181 Å². The van der Waals surface area contributed by atoms with Gasteiger partial charge in [-0.15, -0.1) is 10.2 Å². The predicted molar refractivity (Wildman–Crippen MR) is 122 cm³/mol. The molecule has 0 saturated carbocycles. The summed E-state index contributed by atoms with van der Waals surface area (Å²) in [5.41, 5.74) is 3.23. The highest BCUT2D eigenvalue weighted by atomic mass is 16.2. The van der Waals surface area contributed by atoms with E-state index in [9.17, 15) is 9.59 Å². The molecular weight excluding hydrogens is 390 g/mol. The van der Waals surface area contributed by atoms with E-state index >= 15 is 0 Å². The van der Waals surface area contributed by atoms with E-state index in [2.05, 4.69) is 25.7 Å². The molecule has 0 unspecified atom stereocenters. The lowest BCUT2D eigenvalue weighted by molar-refractivity contribution is -0.120. The van der Waals surface area contributed by atoms with Crippen LogP contribution in [0.5, 0.6) is 0 Å². The highest BCUT2D eigenvalue weighted by Gasteiger charge is 2.26. The summed E-state index contributed by atoms with van der Waals surface area (Å²) in [6.07, 6.45) is 1.50. The molecule has 0 spiro atoms. The van der Waals surface area contributed by atoms with Crippen molar-refractivity contribution in [1.82, 2.24) is 10.2 Å². The van der Waals surface area contributed by atoms with Crippen LogP contribution in [0.15, 0.2) is 66.7 Å². The van der Waals surface area contributed by atoms with Crippen LogP contribution in [0.2, 0.25) is 0 Å². The summed E-state index contributed by atoms with van der Waals surface area (Å²) in [5.74, 6) is 0.639.